The smallest absolute Gasteiger partial charge is 0.247 e. The highest BCUT2D eigenvalue weighted by Crippen LogP contribution is 2.32. The van der Waals surface area contributed by atoms with Gasteiger partial charge in [-0.3, -0.25) is 14.4 Å². The molecule has 0 spiro atoms. The number of benzene rings is 2. The van der Waals surface area contributed by atoms with E-state index in [4.69, 9.17) is 0 Å². The number of hydrogen-bond donors (Lipinski definition) is 1. The van der Waals surface area contributed by atoms with Crippen LogP contribution in [0.2, 0.25) is 0 Å². The molecule has 3 amide bonds. The lowest BCUT2D eigenvalue weighted by Crippen LogP contribution is -2.60. The van der Waals surface area contributed by atoms with Crippen LogP contribution in [0.15, 0.2) is 54.6 Å². The molecule has 3 heterocycles. The lowest BCUT2D eigenvalue weighted by molar-refractivity contribution is -0.144. The van der Waals surface area contributed by atoms with E-state index in [0.717, 1.165) is 17.8 Å². The summed E-state index contributed by atoms with van der Waals surface area (Å²) < 4.78 is 13.1. The normalized spacial score (nSPS) is 24.7. The molecule has 8 nitrogen and oxygen atoms in total. The number of piperazine rings is 1. The number of nitrogens with one attached hydrogen (secondary N) is 1. The molecule has 3 aliphatic rings. The van der Waals surface area contributed by atoms with Gasteiger partial charge in [0.05, 0.1) is 30.0 Å². The summed E-state index contributed by atoms with van der Waals surface area (Å²) in [5.41, 5.74) is 4.90. The van der Waals surface area contributed by atoms with Crippen LogP contribution in [-0.2, 0) is 20.8 Å². The van der Waals surface area contributed by atoms with Gasteiger partial charge in [-0.2, -0.15) is 0 Å². The van der Waals surface area contributed by atoms with Gasteiger partial charge in [0.1, 0.15) is 5.82 Å². The van der Waals surface area contributed by atoms with E-state index in [1.807, 2.05) is 35.2 Å². The Morgan fingerprint density at radius 1 is 0.944 bits per heavy atom. The Kier molecular flexibility index (Phi) is 7.02. The fourth-order valence-electron chi connectivity index (χ4n) is 5.50. The summed E-state index contributed by atoms with van der Waals surface area (Å²) in [6.07, 6.45) is 0.216. The summed E-state index contributed by atoms with van der Waals surface area (Å²) in [6.45, 7) is 5.91. The van der Waals surface area contributed by atoms with Crippen molar-refractivity contribution in [2.75, 3.05) is 50.8 Å². The van der Waals surface area contributed by atoms with Gasteiger partial charge in [0.15, 0.2) is 0 Å². The van der Waals surface area contributed by atoms with Crippen molar-refractivity contribution in [3.63, 3.8) is 0 Å². The van der Waals surface area contributed by atoms with Gasteiger partial charge in [-0.15, -0.1) is 0 Å². The predicted molar refractivity (Wildman–Crippen MR) is 133 cm³/mol. The molecule has 1 N–H and O–H groups in total. The number of para-hydroxylation sites is 1. The highest BCUT2D eigenvalue weighted by atomic mass is 19.1. The van der Waals surface area contributed by atoms with E-state index in [1.54, 1.807) is 22.0 Å². The van der Waals surface area contributed by atoms with Gasteiger partial charge in [0.25, 0.3) is 0 Å². The first-order chi connectivity index (χ1) is 17.4. The third kappa shape index (κ3) is 4.85. The summed E-state index contributed by atoms with van der Waals surface area (Å²) in [5, 5.41) is 1.60. The molecule has 3 unspecified atom stereocenters. The number of nitrogens with zero attached hydrogens (tertiary/aromatic N) is 4. The van der Waals surface area contributed by atoms with E-state index in [0.29, 0.717) is 39.3 Å². The van der Waals surface area contributed by atoms with Gasteiger partial charge >= 0.3 is 0 Å². The van der Waals surface area contributed by atoms with Crippen molar-refractivity contribution >= 4 is 23.4 Å². The van der Waals surface area contributed by atoms with Crippen molar-refractivity contribution in [3.05, 3.63) is 66.0 Å². The number of hydrazine groups is 1. The summed E-state index contributed by atoms with van der Waals surface area (Å²) in [7, 11) is 0. The van der Waals surface area contributed by atoms with Gasteiger partial charge in [-0.1, -0.05) is 37.3 Å². The first-order valence-electron chi connectivity index (χ1n) is 12.6. The maximum Gasteiger partial charge on any atom is 0.247 e. The minimum absolute atomic E-state index is 0.00152. The number of halogens is 1. The first-order valence-corrected chi connectivity index (χ1v) is 12.6. The second-order valence-corrected chi connectivity index (χ2v) is 9.74. The number of rotatable bonds is 5. The van der Waals surface area contributed by atoms with Crippen molar-refractivity contribution in [2.24, 2.45) is 11.8 Å². The zero-order chi connectivity index (χ0) is 25.2. The average molecular weight is 494 g/mol. The highest BCUT2D eigenvalue weighted by Gasteiger charge is 2.51. The number of amides is 3. The van der Waals surface area contributed by atoms with Gasteiger partial charge < -0.3 is 14.7 Å². The second-order valence-electron chi connectivity index (χ2n) is 9.74. The monoisotopic (exact) mass is 493 g/mol. The molecule has 3 fully saturated rings. The molecule has 190 valence electrons. The third-order valence-electron chi connectivity index (χ3n) is 7.58. The maximum absolute atomic E-state index is 13.7. The van der Waals surface area contributed by atoms with E-state index >= 15 is 0 Å². The average Bonchev–Trinajstić information content (AvgIpc) is 3.25. The molecule has 2 aromatic carbocycles. The Labute approximate surface area is 210 Å². The van der Waals surface area contributed by atoms with Crippen LogP contribution in [-0.4, -0.2) is 84.3 Å². The summed E-state index contributed by atoms with van der Waals surface area (Å²) >= 11 is 0. The Hall–Kier alpha value is -3.30. The summed E-state index contributed by atoms with van der Waals surface area (Å²) in [5.74, 6) is -0.947. The van der Waals surface area contributed by atoms with Crippen LogP contribution in [0.3, 0.4) is 0 Å². The van der Waals surface area contributed by atoms with E-state index in [-0.39, 0.29) is 47.8 Å². The fraction of sp³-hybridized carbons (Fsp3) is 0.444. The van der Waals surface area contributed by atoms with Crippen molar-refractivity contribution in [2.45, 2.75) is 19.4 Å². The molecule has 3 atom stereocenters. The number of carbonyl (C=O) groups is 3. The fourth-order valence-corrected chi connectivity index (χ4v) is 5.50. The van der Waals surface area contributed by atoms with Crippen LogP contribution in [0.4, 0.5) is 10.1 Å². The molecule has 3 aliphatic heterocycles. The highest BCUT2D eigenvalue weighted by molar-refractivity contribution is 5.98. The van der Waals surface area contributed by atoms with Crippen LogP contribution < -0.4 is 10.4 Å². The second kappa shape index (κ2) is 10.4. The molecule has 3 saturated heterocycles. The molecule has 36 heavy (non-hydrogen) atoms. The van der Waals surface area contributed by atoms with Gasteiger partial charge in [0.2, 0.25) is 17.7 Å². The quantitative estimate of drug-likeness (QED) is 0.684. The van der Waals surface area contributed by atoms with E-state index in [1.165, 1.54) is 12.1 Å². The molecule has 2 aromatic rings. The number of hydrogen-bond acceptors (Lipinski definition) is 5. The number of fused-ring (bicyclic) bond motifs is 1. The van der Waals surface area contributed by atoms with Gasteiger partial charge in [-0.25, -0.2) is 14.8 Å². The number of carbonyl (C=O) groups excluding carboxylic acids is 3. The zero-order valence-corrected chi connectivity index (χ0v) is 20.5. The molecule has 5 rings (SSSR count). The summed E-state index contributed by atoms with van der Waals surface area (Å²) in [6, 6.07) is 15.2. The van der Waals surface area contributed by atoms with Gasteiger partial charge in [0, 0.05) is 39.3 Å². The van der Waals surface area contributed by atoms with Crippen molar-refractivity contribution < 1.29 is 18.8 Å². The largest absolute Gasteiger partial charge is 0.339 e. The molecule has 9 heteroatoms. The lowest BCUT2D eigenvalue weighted by Gasteiger charge is -2.42. The van der Waals surface area contributed by atoms with Crippen LogP contribution in [0.25, 0.3) is 0 Å². The van der Waals surface area contributed by atoms with Crippen LogP contribution in [0, 0.1) is 17.7 Å². The van der Waals surface area contributed by atoms with E-state index < -0.39 is 0 Å². The zero-order valence-electron chi connectivity index (χ0n) is 20.5. The number of likely N-dealkylation sites (tertiary alicyclic amines) is 1. The maximum atomic E-state index is 13.7. The topological polar surface area (TPSA) is 76.2 Å². The van der Waals surface area contributed by atoms with E-state index in [9.17, 15) is 18.8 Å². The minimum Gasteiger partial charge on any atom is -0.339 e. The summed E-state index contributed by atoms with van der Waals surface area (Å²) in [4.78, 5) is 45.5. The molecule has 0 radical (unpaired) electrons. The third-order valence-corrected chi connectivity index (χ3v) is 7.58. The van der Waals surface area contributed by atoms with Crippen LogP contribution >= 0.6 is 0 Å². The first kappa shape index (κ1) is 24.4. The molecule has 0 aromatic heterocycles. The Morgan fingerprint density at radius 3 is 2.28 bits per heavy atom. The van der Waals surface area contributed by atoms with Crippen molar-refractivity contribution in [1.29, 1.82) is 0 Å². The van der Waals surface area contributed by atoms with Crippen LogP contribution in [0.5, 0.6) is 0 Å². The van der Waals surface area contributed by atoms with Gasteiger partial charge in [-0.05, 0) is 36.4 Å². The predicted octanol–water partition coefficient (Wildman–Crippen LogP) is 1.53. The number of piperidine rings is 1. The standard InChI is InChI=1S/C27H32FN5O3/c1-2-30-17-22(25-23(18-30)27(36)33(29-25)21-6-4-3-5-7-21)26(35)32-14-12-31(13-15-32)24(34)16-19-8-10-20(28)11-9-19/h3-11,22-23,25,29H,2,12-18H2,1H3. The van der Waals surface area contributed by atoms with Crippen LogP contribution in [0.1, 0.15) is 12.5 Å². The molecular weight excluding hydrogens is 461 g/mol. The van der Waals surface area contributed by atoms with Crippen molar-refractivity contribution in [3.8, 4) is 0 Å². The Balaban J connectivity index is 1.23. The van der Waals surface area contributed by atoms with Crippen molar-refractivity contribution in [1.82, 2.24) is 20.1 Å². The lowest BCUT2D eigenvalue weighted by atomic mass is 9.83. The molecule has 0 saturated carbocycles. The number of anilines is 1. The Bertz CT molecular complexity index is 1100. The minimum atomic E-state index is -0.345. The SMILES string of the molecule is CCN1CC(C(=O)N2CCN(C(=O)Cc3ccc(F)cc3)CC2)C2NN(c3ccccc3)C(=O)C2C1. The molecule has 0 bridgehead atoms. The molecule has 0 aliphatic carbocycles. The Morgan fingerprint density at radius 2 is 1.61 bits per heavy atom. The molecular formula is C27H32FN5O3. The van der Waals surface area contributed by atoms with E-state index in [2.05, 4.69) is 17.2 Å².